The molecule has 8 amide bonds. The minimum atomic E-state index is -1.93. The van der Waals surface area contributed by atoms with E-state index in [0.717, 1.165) is 9.80 Å². The maximum absolute atomic E-state index is 15.1. The van der Waals surface area contributed by atoms with Crippen LogP contribution in [0.15, 0.2) is 78.9 Å². The number of nitrogens with one attached hydrogen (secondary N) is 6. The van der Waals surface area contributed by atoms with E-state index in [1.54, 1.807) is 58.0 Å². The number of ether oxygens (including phenoxy) is 1. The first-order valence-corrected chi connectivity index (χ1v) is 26.8. The molecule has 12 N–H and O–H groups in total. The van der Waals surface area contributed by atoms with Gasteiger partial charge < -0.3 is 77.1 Å². The highest BCUT2D eigenvalue weighted by Crippen LogP contribution is 2.26. The number of aromatic hydroxyl groups is 2. The third-order valence-corrected chi connectivity index (χ3v) is 14.4. The SMILES string of the molecule is CCC(C)[C@H](NC(=O)[C@H](O)Cc1ccc(O)cc1)C(=O)NC(CCO)C(=O)N[C@@H]1C(=O)NC(CCO)C(=O)N[C@H]2CCC(O)N(C2=O)[C@@H](Cc2ccccc2)C(=O)N(C)[C@@H](Cc2ccc(O)cc2)C(=O)N[C@@H](C(C)C)C(=O)O[C@@H]1C. The molecule has 2 aliphatic heterocycles. The molecule has 24 nitrogen and oxygen atoms in total. The molecule has 3 aromatic rings. The molecule has 2 saturated heterocycles. The standard InChI is InChI=1S/C56H76N8O16/c1-7-31(4)46(61-51(74)43(69)29-35-15-19-37(68)20-16-35)52(75)57-39(24-26-66)49(72)62-47-32(5)80-56(79)45(30(2)3)60-50(73)41(27-34-13-17-36(67)18-14-34)63(6)55(78)42(28-33-11-9-8-10-12-33)64-44(70)22-21-40(54(64)77)59-48(71)38(23-25-65)58-53(47)76/h8-20,30-32,38-47,65-70H,7,21-29H2,1-6H3,(H,57,75)(H,58,76)(H,59,71)(H,60,73)(H,61,74)(H,62,72)/t31?,32-,38?,39?,40+,41+,42+,43-,44?,45+,46+,47+/m1/s1. The van der Waals surface area contributed by atoms with Gasteiger partial charge in [0.05, 0.1) is 0 Å². The van der Waals surface area contributed by atoms with E-state index < -0.39 is 158 Å². The molecule has 5 rings (SSSR count). The van der Waals surface area contributed by atoms with E-state index in [9.17, 15) is 69.0 Å². The van der Waals surface area contributed by atoms with Gasteiger partial charge in [-0.1, -0.05) is 88.7 Å². The van der Waals surface area contributed by atoms with Gasteiger partial charge in [-0.2, -0.15) is 0 Å². The summed E-state index contributed by atoms with van der Waals surface area (Å²) in [6.45, 7) is 6.33. The van der Waals surface area contributed by atoms with Crippen LogP contribution in [0.1, 0.15) is 83.4 Å². The Morgan fingerprint density at radius 1 is 0.713 bits per heavy atom. The summed E-state index contributed by atoms with van der Waals surface area (Å²) in [5.74, 6) is -10.3. The summed E-state index contributed by atoms with van der Waals surface area (Å²) in [6, 6.07) is 7.70. The number of carbonyl (C=O) groups excluding carboxylic acids is 9. The number of aliphatic hydroxyl groups is 4. The summed E-state index contributed by atoms with van der Waals surface area (Å²) in [6.07, 6.45) is -6.28. The second-order valence-electron chi connectivity index (χ2n) is 20.7. The van der Waals surface area contributed by atoms with Gasteiger partial charge in [-0.25, -0.2) is 4.79 Å². The summed E-state index contributed by atoms with van der Waals surface area (Å²) in [5, 5.41) is 77.6. The van der Waals surface area contributed by atoms with Crippen LogP contribution in [0, 0.1) is 11.8 Å². The molecule has 3 aromatic carbocycles. The monoisotopic (exact) mass is 1120 g/mol. The first kappa shape index (κ1) is 63.2. The Hall–Kier alpha value is -7.67. The van der Waals surface area contributed by atoms with Crippen LogP contribution in [0.25, 0.3) is 0 Å². The van der Waals surface area contributed by atoms with Gasteiger partial charge in [-0.05, 0) is 85.4 Å². The molecule has 24 heteroatoms. The van der Waals surface area contributed by atoms with Crippen molar-refractivity contribution in [2.75, 3.05) is 20.3 Å². The second-order valence-corrected chi connectivity index (χ2v) is 20.7. The lowest BCUT2D eigenvalue weighted by molar-refractivity contribution is -0.165. The Balaban J connectivity index is 1.53. The van der Waals surface area contributed by atoms with Crippen LogP contribution in [0.5, 0.6) is 11.5 Å². The molecule has 436 valence electrons. The summed E-state index contributed by atoms with van der Waals surface area (Å²) < 4.78 is 5.86. The molecule has 0 spiro atoms. The molecule has 0 radical (unpaired) electrons. The van der Waals surface area contributed by atoms with Crippen molar-refractivity contribution in [1.82, 2.24) is 41.7 Å². The van der Waals surface area contributed by atoms with Crippen molar-refractivity contribution in [1.29, 1.82) is 0 Å². The Kier molecular flexibility index (Phi) is 23.3. The number of carbonyl (C=O) groups is 9. The lowest BCUT2D eigenvalue weighted by atomic mass is 9.95. The van der Waals surface area contributed by atoms with E-state index in [0.29, 0.717) is 23.1 Å². The number of nitrogens with zero attached hydrogens (tertiary/aromatic N) is 2. The van der Waals surface area contributed by atoms with Gasteiger partial charge in [-0.15, -0.1) is 0 Å². The second kappa shape index (κ2) is 29.5. The molecular weight excluding hydrogens is 1040 g/mol. The van der Waals surface area contributed by atoms with Crippen molar-refractivity contribution < 1.29 is 78.5 Å². The van der Waals surface area contributed by atoms with Crippen molar-refractivity contribution in [3.8, 4) is 11.5 Å². The highest BCUT2D eigenvalue weighted by Gasteiger charge is 2.46. The van der Waals surface area contributed by atoms with Gasteiger partial charge in [0, 0.05) is 39.5 Å². The van der Waals surface area contributed by atoms with Crippen LogP contribution < -0.4 is 31.9 Å². The number of benzene rings is 3. The van der Waals surface area contributed by atoms with Gasteiger partial charge >= 0.3 is 5.97 Å². The van der Waals surface area contributed by atoms with Crippen LogP contribution in [-0.2, 0) is 67.2 Å². The summed E-state index contributed by atoms with van der Waals surface area (Å²) in [4.78, 5) is 131. The maximum atomic E-state index is 15.1. The number of piperidine rings is 1. The van der Waals surface area contributed by atoms with Crippen LogP contribution >= 0.6 is 0 Å². The van der Waals surface area contributed by atoms with E-state index >= 15 is 4.79 Å². The molecule has 4 unspecified atom stereocenters. The van der Waals surface area contributed by atoms with Crippen molar-refractivity contribution in [3.05, 3.63) is 95.6 Å². The summed E-state index contributed by atoms with van der Waals surface area (Å²) in [5.41, 5.74) is 1.53. The molecule has 2 aliphatic rings. The van der Waals surface area contributed by atoms with Gasteiger partial charge in [-0.3, -0.25) is 38.4 Å². The highest BCUT2D eigenvalue weighted by atomic mass is 16.5. The van der Waals surface area contributed by atoms with E-state index in [-0.39, 0.29) is 43.6 Å². The lowest BCUT2D eigenvalue weighted by Gasteiger charge is -2.43. The van der Waals surface area contributed by atoms with Crippen molar-refractivity contribution >= 4 is 53.2 Å². The summed E-state index contributed by atoms with van der Waals surface area (Å²) in [7, 11) is 1.32. The molecular formula is C56H76N8O16. The molecule has 0 aromatic heterocycles. The lowest BCUT2D eigenvalue weighted by Crippen LogP contribution is -2.65. The molecule has 2 bridgehead atoms. The Bertz CT molecular complexity index is 2630. The number of aliphatic hydroxyl groups excluding tert-OH is 4. The van der Waals surface area contributed by atoms with Crippen LogP contribution in [-0.4, -0.2) is 181 Å². The normalized spacial score (nSPS) is 24.1. The van der Waals surface area contributed by atoms with Crippen molar-refractivity contribution in [2.45, 2.75) is 153 Å². The number of phenols is 2. The van der Waals surface area contributed by atoms with Gasteiger partial charge in [0.2, 0.25) is 47.3 Å². The fourth-order valence-electron chi connectivity index (χ4n) is 9.40. The first-order valence-electron chi connectivity index (χ1n) is 26.8. The summed E-state index contributed by atoms with van der Waals surface area (Å²) >= 11 is 0. The quantitative estimate of drug-likeness (QED) is 0.0637. The van der Waals surface area contributed by atoms with E-state index in [1.807, 2.05) is 0 Å². The Labute approximate surface area is 464 Å². The smallest absolute Gasteiger partial charge is 0.329 e. The molecule has 80 heavy (non-hydrogen) atoms. The number of esters is 1. The number of fused-ring (bicyclic) bond motifs is 2. The fourth-order valence-corrected chi connectivity index (χ4v) is 9.40. The predicted molar refractivity (Wildman–Crippen MR) is 287 cm³/mol. The van der Waals surface area contributed by atoms with E-state index in [1.165, 1.54) is 62.5 Å². The van der Waals surface area contributed by atoms with Crippen molar-refractivity contribution in [2.24, 2.45) is 11.8 Å². The topological polar surface area (TPSA) is 363 Å². The Morgan fingerprint density at radius 3 is 1.90 bits per heavy atom. The maximum Gasteiger partial charge on any atom is 0.329 e. The Morgan fingerprint density at radius 2 is 1.31 bits per heavy atom. The number of hydrogen-bond donors (Lipinski definition) is 12. The first-order chi connectivity index (χ1) is 38.0. The average molecular weight is 1120 g/mol. The molecule has 12 atom stereocenters. The van der Waals surface area contributed by atoms with Gasteiger partial charge in [0.1, 0.15) is 78.3 Å². The number of cyclic esters (lactones) is 1. The van der Waals surface area contributed by atoms with Crippen LogP contribution in [0.4, 0.5) is 0 Å². The average Bonchev–Trinajstić information content (AvgIpc) is 3.42. The van der Waals surface area contributed by atoms with Crippen LogP contribution in [0.2, 0.25) is 0 Å². The van der Waals surface area contributed by atoms with Crippen molar-refractivity contribution in [3.63, 3.8) is 0 Å². The zero-order valence-electron chi connectivity index (χ0n) is 45.7. The minimum absolute atomic E-state index is 0.0304. The van der Waals surface area contributed by atoms with E-state index in [2.05, 4.69) is 31.9 Å². The third-order valence-electron chi connectivity index (χ3n) is 14.4. The molecule has 0 aliphatic carbocycles. The molecule has 0 saturated carbocycles. The largest absolute Gasteiger partial charge is 0.508 e. The van der Waals surface area contributed by atoms with E-state index in [4.69, 9.17) is 4.74 Å². The highest BCUT2D eigenvalue weighted by molar-refractivity contribution is 5.99. The number of amides is 8. The third kappa shape index (κ3) is 16.9. The number of hydrogen-bond acceptors (Lipinski definition) is 16. The zero-order chi connectivity index (χ0) is 59.0. The fraction of sp³-hybridized carbons (Fsp3) is 0.518. The van der Waals surface area contributed by atoms with Gasteiger partial charge in [0.25, 0.3) is 0 Å². The minimum Gasteiger partial charge on any atom is -0.508 e. The zero-order valence-corrected chi connectivity index (χ0v) is 45.7. The molecule has 2 heterocycles. The van der Waals surface area contributed by atoms with Gasteiger partial charge in [0.15, 0.2) is 0 Å². The molecule has 2 fully saturated rings. The number of phenolic OH excluding ortho intramolecular Hbond substituents is 2. The number of rotatable bonds is 19. The number of likely N-dealkylation sites (N-methyl/N-ethyl adjacent to an activating group) is 1. The predicted octanol–water partition coefficient (Wildman–Crippen LogP) is -1.06. The van der Waals surface area contributed by atoms with Crippen LogP contribution in [0.3, 0.4) is 0 Å².